The Morgan fingerprint density at radius 1 is 1.08 bits per heavy atom. The van der Waals surface area contributed by atoms with Gasteiger partial charge in [0, 0.05) is 19.7 Å². The van der Waals surface area contributed by atoms with Gasteiger partial charge >= 0.3 is 0 Å². The topological polar surface area (TPSA) is 38.8 Å². The van der Waals surface area contributed by atoms with Gasteiger partial charge in [-0.05, 0) is 48.9 Å². The second kappa shape index (κ2) is 9.39. The average Bonchev–Trinajstić information content (AvgIpc) is 2.68. The van der Waals surface area contributed by atoms with E-state index in [1.807, 2.05) is 54.3 Å². The summed E-state index contributed by atoms with van der Waals surface area (Å²) in [7, 11) is 0. The Labute approximate surface area is 155 Å². The maximum Gasteiger partial charge on any atom is 0.260 e. The third kappa shape index (κ3) is 5.60. The van der Waals surface area contributed by atoms with E-state index in [1.165, 1.54) is 5.56 Å². The summed E-state index contributed by atoms with van der Waals surface area (Å²) in [6, 6.07) is 18.0. The third-order valence-corrected chi connectivity index (χ3v) is 4.78. The van der Waals surface area contributed by atoms with Crippen molar-refractivity contribution in [3.05, 3.63) is 65.7 Å². The van der Waals surface area contributed by atoms with Gasteiger partial charge in [-0.3, -0.25) is 4.79 Å². The Morgan fingerprint density at radius 2 is 1.85 bits per heavy atom. The molecule has 1 amide bonds. The van der Waals surface area contributed by atoms with Crippen LogP contribution < -0.4 is 4.74 Å². The van der Waals surface area contributed by atoms with Gasteiger partial charge in [0.2, 0.25) is 0 Å². The summed E-state index contributed by atoms with van der Waals surface area (Å²) < 4.78 is 11.5. The second-order valence-corrected chi connectivity index (χ2v) is 6.93. The van der Waals surface area contributed by atoms with Crippen molar-refractivity contribution in [1.29, 1.82) is 0 Å². The minimum absolute atomic E-state index is 0.0650. The van der Waals surface area contributed by atoms with Crippen LogP contribution in [0.3, 0.4) is 0 Å². The molecular formula is C22H27NO3. The van der Waals surface area contributed by atoms with Crippen molar-refractivity contribution in [2.75, 3.05) is 26.3 Å². The number of aryl methyl sites for hydroxylation is 1. The number of piperidine rings is 1. The number of hydrogen-bond donors (Lipinski definition) is 0. The first-order valence-corrected chi connectivity index (χ1v) is 9.29. The summed E-state index contributed by atoms with van der Waals surface area (Å²) in [5.41, 5.74) is 2.33. The molecule has 0 unspecified atom stereocenters. The highest BCUT2D eigenvalue weighted by Crippen LogP contribution is 2.19. The van der Waals surface area contributed by atoms with Gasteiger partial charge in [-0.1, -0.05) is 42.5 Å². The van der Waals surface area contributed by atoms with Crippen LogP contribution >= 0.6 is 0 Å². The highest BCUT2D eigenvalue weighted by atomic mass is 16.5. The normalized spacial score (nSPS) is 15.0. The smallest absolute Gasteiger partial charge is 0.260 e. The lowest BCUT2D eigenvalue weighted by Gasteiger charge is -2.31. The average molecular weight is 353 g/mol. The molecule has 0 atom stereocenters. The molecule has 0 aliphatic carbocycles. The summed E-state index contributed by atoms with van der Waals surface area (Å²) in [5.74, 6) is 1.35. The molecule has 138 valence electrons. The van der Waals surface area contributed by atoms with Crippen molar-refractivity contribution in [2.45, 2.75) is 26.4 Å². The van der Waals surface area contributed by atoms with Gasteiger partial charge < -0.3 is 14.4 Å². The van der Waals surface area contributed by atoms with Crippen molar-refractivity contribution in [2.24, 2.45) is 5.92 Å². The van der Waals surface area contributed by atoms with E-state index in [0.29, 0.717) is 12.5 Å². The fourth-order valence-electron chi connectivity index (χ4n) is 3.21. The van der Waals surface area contributed by atoms with Gasteiger partial charge in [-0.2, -0.15) is 0 Å². The highest BCUT2D eigenvalue weighted by Gasteiger charge is 2.23. The Balaban J connectivity index is 1.34. The van der Waals surface area contributed by atoms with Crippen molar-refractivity contribution < 1.29 is 14.3 Å². The van der Waals surface area contributed by atoms with E-state index in [4.69, 9.17) is 9.47 Å². The summed E-state index contributed by atoms with van der Waals surface area (Å²) >= 11 is 0. The Hall–Kier alpha value is -2.33. The predicted octanol–water partition coefficient (Wildman–Crippen LogP) is 3.83. The quantitative estimate of drug-likeness (QED) is 0.759. The zero-order chi connectivity index (χ0) is 18.2. The fraction of sp³-hybridized carbons (Fsp3) is 0.409. The van der Waals surface area contributed by atoms with Crippen LogP contribution in [-0.2, 0) is 16.1 Å². The Kier molecular flexibility index (Phi) is 6.67. The molecule has 1 fully saturated rings. The second-order valence-electron chi connectivity index (χ2n) is 6.93. The number of nitrogens with zero attached hydrogens (tertiary/aromatic N) is 1. The van der Waals surface area contributed by atoms with Gasteiger partial charge in [0.1, 0.15) is 5.75 Å². The Morgan fingerprint density at radius 3 is 2.58 bits per heavy atom. The SMILES string of the molecule is Cc1cccc(OCC(=O)N2CCC(COCc3ccccc3)CC2)c1. The first-order valence-electron chi connectivity index (χ1n) is 9.29. The highest BCUT2D eigenvalue weighted by molar-refractivity contribution is 5.77. The molecular weight excluding hydrogens is 326 g/mol. The molecule has 0 saturated carbocycles. The number of ether oxygens (including phenoxy) is 2. The summed E-state index contributed by atoms with van der Waals surface area (Å²) in [6.45, 7) is 5.11. The molecule has 4 nitrogen and oxygen atoms in total. The molecule has 1 aliphatic heterocycles. The number of likely N-dealkylation sites (tertiary alicyclic amines) is 1. The van der Waals surface area contributed by atoms with Crippen LogP contribution in [0.25, 0.3) is 0 Å². The maximum atomic E-state index is 12.3. The van der Waals surface area contributed by atoms with Crippen LogP contribution in [0.15, 0.2) is 54.6 Å². The van der Waals surface area contributed by atoms with E-state index >= 15 is 0 Å². The number of rotatable bonds is 7. The van der Waals surface area contributed by atoms with Crippen LogP contribution in [-0.4, -0.2) is 37.1 Å². The monoisotopic (exact) mass is 353 g/mol. The third-order valence-electron chi connectivity index (χ3n) is 4.78. The molecule has 2 aromatic carbocycles. The van der Waals surface area contributed by atoms with E-state index in [0.717, 1.165) is 43.9 Å². The maximum absolute atomic E-state index is 12.3. The van der Waals surface area contributed by atoms with Gasteiger partial charge in [0.25, 0.3) is 5.91 Å². The van der Waals surface area contributed by atoms with Gasteiger partial charge in [-0.25, -0.2) is 0 Å². The molecule has 0 bridgehead atoms. The molecule has 0 spiro atoms. The largest absolute Gasteiger partial charge is 0.484 e. The molecule has 1 heterocycles. The van der Waals surface area contributed by atoms with E-state index < -0.39 is 0 Å². The molecule has 2 aromatic rings. The predicted molar refractivity (Wildman–Crippen MR) is 102 cm³/mol. The lowest BCUT2D eigenvalue weighted by atomic mass is 9.98. The van der Waals surface area contributed by atoms with E-state index in [-0.39, 0.29) is 12.5 Å². The molecule has 26 heavy (non-hydrogen) atoms. The number of benzene rings is 2. The van der Waals surface area contributed by atoms with Gasteiger partial charge in [0.05, 0.1) is 6.61 Å². The summed E-state index contributed by atoms with van der Waals surface area (Å²) in [4.78, 5) is 14.2. The number of amides is 1. The lowest BCUT2D eigenvalue weighted by molar-refractivity contribution is -0.135. The molecule has 0 radical (unpaired) electrons. The van der Waals surface area contributed by atoms with Crippen LogP contribution in [0.1, 0.15) is 24.0 Å². The zero-order valence-electron chi connectivity index (χ0n) is 15.4. The lowest BCUT2D eigenvalue weighted by Crippen LogP contribution is -2.41. The molecule has 1 aliphatic rings. The van der Waals surface area contributed by atoms with Crippen molar-refractivity contribution in [1.82, 2.24) is 4.90 Å². The Bertz CT molecular complexity index is 694. The molecule has 3 rings (SSSR count). The van der Waals surface area contributed by atoms with E-state index in [1.54, 1.807) is 0 Å². The standard InChI is InChI=1S/C22H27NO3/c1-18-6-5-9-21(14-18)26-17-22(24)23-12-10-20(11-13-23)16-25-15-19-7-3-2-4-8-19/h2-9,14,20H,10-13,15-17H2,1H3. The summed E-state index contributed by atoms with van der Waals surface area (Å²) in [5, 5.41) is 0. The van der Waals surface area contributed by atoms with Crippen LogP contribution in [0.4, 0.5) is 0 Å². The minimum Gasteiger partial charge on any atom is -0.484 e. The van der Waals surface area contributed by atoms with Crippen LogP contribution in [0.5, 0.6) is 5.75 Å². The first-order chi connectivity index (χ1) is 12.7. The first kappa shape index (κ1) is 18.5. The minimum atomic E-state index is 0.0650. The molecule has 0 aromatic heterocycles. The van der Waals surface area contributed by atoms with Crippen molar-refractivity contribution in [3.8, 4) is 5.75 Å². The fourth-order valence-corrected chi connectivity index (χ4v) is 3.21. The molecule has 0 N–H and O–H groups in total. The van der Waals surface area contributed by atoms with Gasteiger partial charge in [0.15, 0.2) is 6.61 Å². The number of hydrogen-bond acceptors (Lipinski definition) is 3. The van der Waals surface area contributed by atoms with Crippen LogP contribution in [0.2, 0.25) is 0 Å². The van der Waals surface area contributed by atoms with Crippen molar-refractivity contribution in [3.63, 3.8) is 0 Å². The number of carbonyl (C=O) groups is 1. The van der Waals surface area contributed by atoms with Crippen LogP contribution in [0, 0.1) is 12.8 Å². The molecule has 4 heteroatoms. The van der Waals surface area contributed by atoms with E-state index in [9.17, 15) is 4.79 Å². The summed E-state index contributed by atoms with van der Waals surface area (Å²) in [6.07, 6.45) is 1.98. The van der Waals surface area contributed by atoms with Gasteiger partial charge in [-0.15, -0.1) is 0 Å². The van der Waals surface area contributed by atoms with Crippen molar-refractivity contribution >= 4 is 5.91 Å². The molecule has 1 saturated heterocycles. The zero-order valence-corrected chi connectivity index (χ0v) is 15.4. The van der Waals surface area contributed by atoms with E-state index in [2.05, 4.69) is 12.1 Å². The number of carbonyl (C=O) groups excluding carboxylic acids is 1.